The number of aromatic nitrogens is 3. The molecule has 8 N–H and O–H groups in total. The second-order valence-corrected chi connectivity index (χ2v) is 15.8. The number of carboxylic acid groups (broad SMARTS) is 6. The van der Waals surface area contributed by atoms with Crippen LogP contribution in [0, 0.1) is 11.6 Å². The van der Waals surface area contributed by atoms with E-state index in [1.54, 1.807) is 17.3 Å². The minimum Gasteiger partial charge on any atom is -0.545 e. The highest BCUT2D eigenvalue weighted by Gasteiger charge is 2.34. The van der Waals surface area contributed by atoms with E-state index in [4.69, 9.17) is 21.1 Å². The molecule has 2 aromatic carbocycles. The van der Waals surface area contributed by atoms with Gasteiger partial charge in [0.25, 0.3) is 10.0 Å². The van der Waals surface area contributed by atoms with Crippen molar-refractivity contribution in [2.75, 3.05) is 43.7 Å². The highest BCUT2D eigenvalue weighted by molar-refractivity contribution is 7.92. The first-order chi connectivity index (χ1) is 30.6. The summed E-state index contributed by atoms with van der Waals surface area (Å²) in [5, 5.41) is 52.4. The zero-order valence-electron chi connectivity index (χ0n) is 34.4. The van der Waals surface area contributed by atoms with Gasteiger partial charge in [-0.25, -0.2) is 36.6 Å². The Kier molecular flexibility index (Phi) is 19.4. The van der Waals surface area contributed by atoms with Crippen LogP contribution in [0.1, 0.15) is 31.7 Å². The molecule has 0 amide bonds. The molecule has 65 heavy (non-hydrogen) atoms. The Bertz CT molecular complexity index is 2440. The smallest absolute Gasteiger partial charge is 0.328 e. The van der Waals surface area contributed by atoms with E-state index in [-0.39, 0.29) is 11.7 Å². The lowest BCUT2D eigenvalue weighted by Crippen LogP contribution is -3.18. The van der Waals surface area contributed by atoms with E-state index in [0.29, 0.717) is 64.8 Å². The Morgan fingerprint density at radius 1 is 0.815 bits per heavy atom. The van der Waals surface area contributed by atoms with Gasteiger partial charge in [0, 0.05) is 49.7 Å². The van der Waals surface area contributed by atoms with Crippen LogP contribution in [0.25, 0.3) is 22.2 Å². The van der Waals surface area contributed by atoms with Gasteiger partial charge in [-0.2, -0.15) is 0 Å². The average Bonchev–Trinajstić information content (AvgIpc) is 3.64. The number of H-pyrrole nitrogens is 1. The summed E-state index contributed by atoms with van der Waals surface area (Å²) in [4.78, 5) is 67.9. The second-order valence-electron chi connectivity index (χ2n) is 14.1. The van der Waals surface area contributed by atoms with Gasteiger partial charge in [-0.1, -0.05) is 23.2 Å². The number of sulfonamides is 1. The number of rotatable bonds is 12. The summed E-state index contributed by atoms with van der Waals surface area (Å²) in [7, 11) is -2.14. The fraction of sp³-hybridized carbons (Fsp3) is 0.268. The molecule has 0 atom stereocenters. The Morgan fingerprint density at radius 2 is 1.34 bits per heavy atom. The number of anilines is 2. The molecule has 2 aromatic heterocycles. The highest BCUT2D eigenvalue weighted by atomic mass is 32.2. The molecule has 0 bridgehead atoms. The molecule has 2 fully saturated rings. The Hall–Kier alpha value is -7.57. The molecule has 3 heterocycles. The number of nitrogens with zero attached hydrogens (tertiary/aromatic N) is 3. The first kappa shape index (κ1) is 51.8. The van der Waals surface area contributed by atoms with Gasteiger partial charge >= 0.3 is 17.9 Å². The number of fused-ring (bicyclic) bond motifs is 1. The van der Waals surface area contributed by atoms with Crippen molar-refractivity contribution in [3.05, 3.63) is 103 Å². The van der Waals surface area contributed by atoms with E-state index in [1.807, 2.05) is 6.20 Å². The number of piperazine rings is 1. The summed E-state index contributed by atoms with van der Waals surface area (Å²) in [6.07, 6.45) is 10.7. The lowest BCUT2D eigenvalue weighted by atomic mass is 9.89. The third-order valence-electron chi connectivity index (χ3n) is 9.73. The molecular weight excluding hydrogens is 885 g/mol. The van der Waals surface area contributed by atoms with Gasteiger partial charge < -0.3 is 55.7 Å². The Balaban J connectivity index is 0.000000383. The first-order valence-corrected chi connectivity index (χ1v) is 20.7. The summed E-state index contributed by atoms with van der Waals surface area (Å²) in [5.74, 6) is -9.79. The van der Waals surface area contributed by atoms with Crippen LogP contribution in [0.2, 0.25) is 0 Å². The lowest BCUT2D eigenvalue weighted by Gasteiger charge is -2.38. The van der Waals surface area contributed by atoms with Crippen LogP contribution < -0.4 is 35.7 Å². The summed E-state index contributed by atoms with van der Waals surface area (Å²) < 4.78 is 59.2. The number of nitrogen functional groups attached to an aromatic ring is 1. The predicted molar refractivity (Wildman–Crippen MR) is 218 cm³/mol. The highest BCUT2D eigenvalue weighted by Crippen LogP contribution is 2.38. The Labute approximate surface area is 369 Å². The normalized spacial score (nSPS) is 16.7. The third kappa shape index (κ3) is 16.6. The number of aromatic amines is 1. The van der Waals surface area contributed by atoms with Gasteiger partial charge in [-0.05, 0) is 67.9 Å². The molecule has 1 saturated heterocycles. The fourth-order valence-corrected chi connectivity index (χ4v) is 7.93. The molecule has 1 aliphatic heterocycles. The average molecular weight is 929 g/mol. The monoisotopic (exact) mass is 928 g/mol. The number of likely N-dealkylation sites (N-methyl/N-ethyl adjacent to an activating group) is 1. The van der Waals surface area contributed by atoms with Gasteiger partial charge in [0.2, 0.25) is 17.8 Å². The molecule has 1 aliphatic carbocycles. The molecule has 6 rings (SSSR count). The van der Waals surface area contributed by atoms with Crippen molar-refractivity contribution < 1.29 is 86.5 Å². The first-order valence-electron chi connectivity index (χ1n) is 19.2. The van der Waals surface area contributed by atoms with E-state index in [0.717, 1.165) is 56.6 Å². The fourth-order valence-electron chi connectivity index (χ4n) is 6.79. The number of carboxylic acids is 6. The summed E-state index contributed by atoms with van der Waals surface area (Å²) in [6.45, 7) is 4.66. The van der Waals surface area contributed by atoms with Gasteiger partial charge in [0.1, 0.15) is 21.9 Å². The minimum absolute atomic E-state index is 0.268. The molecule has 21 nitrogen and oxygen atoms in total. The van der Waals surface area contributed by atoms with Gasteiger partial charge in [0.15, 0.2) is 0 Å². The SMILES string of the molecule is CN1CC[NH+](C2CCC(n3cc(-c4ccc(NS(=O)(=O)c5ccccc5F)c(F)c4)c4c(N)nc[nH+]c43)CC2)CC1.O=C([O-])/C=C\C(=O)O.O=C([O-])/C=C\C(=O)O.O=C([O-])/C=C\C(=O)O. The number of aliphatic carboxylic acids is 6. The number of nitrogens with two attached hydrogens (primary N) is 1. The van der Waals surface area contributed by atoms with Crippen molar-refractivity contribution >= 4 is 68.4 Å². The molecular formula is C41H44F2N7O14S-. The van der Waals surface area contributed by atoms with Crippen molar-refractivity contribution in [3.8, 4) is 11.1 Å². The predicted octanol–water partition coefficient (Wildman–Crippen LogP) is -2.38. The zero-order chi connectivity index (χ0) is 48.4. The molecule has 0 radical (unpaired) electrons. The number of quaternary nitrogens is 1. The standard InChI is InChI=1S/C29H33F2N7O2S.3C4H4O4/c1-36-12-14-37(15-13-36)20-7-9-21(10-8-20)38-17-22(27-28(32)33-18-34-29(27)38)19-6-11-25(24(31)16-19)35-41(39,40)26-5-3-2-4-23(26)30;3*5-3(6)1-2-4(7)8/h2-6,11,16-18,20-21,35H,7-10,12-15H2,1H3,(H2,32,33,34);3*1-2H,(H,5,6)(H,7,8)/p-1/b;3*2-1-. The van der Waals surface area contributed by atoms with Crippen LogP contribution in [-0.2, 0) is 38.8 Å². The molecule has 0 spiro atoms. The Morgan fingerprint density at radius 3 is 1.80 bits per heavy atom. The van der Waals surface area contributed by atoms with E-state index in [9.17, 15) is 56.9 Å². The van der Waals surface area contributed by atoms with Crippen LogP contribution in [-0.4, -0.2) is 113 Å². The van der Waals surface area contributed by atoms with Crippen LogP contribution in [0.3, 0.4) is 0 Å². The van der Waals surface area contributed by atoms with Crippen LogP contribution in [0.4, 0.5) is 20.3 Å². The van der Waals surface area contributed by atoms with Crippen LogP contribution in [0.15, 0.2) is 96.3 Å². The number of benzene rings is 2. The van der Waals surface area contributed by atoms with Crippen LogP contribution in [0.5, 0.6) is 0 Å². The number of carbonyl (C=O) groups is 6. The molecule has 348 valence electrons. The van der Waals surface area contributed by atoms with E-state index in [1.165, 1.54) is 37.4 Å². The maximum absolute atomic E-state index is 15.3. The van der Waals surface area contributed by atoms with E-state index in [2.05, 4.69) is 31.2 Å². The summed E-state index contributed by atoms with van der Waals surface area (Å²) >= 11 is 0. The molecule has 0 unspecified atom stereocenters. The maximum Gasteiger partial charge on any atom is 0.328 e. The lowest BCUT2D eigenvalue weighted by molar-refractivity contribution is -0.931. The van der Waals surface area contributed by atoms with Crippen molar-refractivity contribution in [1.82, 2.24) is 14.5 Å². The minimum atomic E-state index is -4.32. The van der Waals surface area contributed by atoms with Gasteiger partial charge in [-0.15, -0.1) is 0 Å². The maximum atomic E-state index is 15.3. The van der Waals surface area contributed by atoms with E-state index >= 15 is 4.39 Å². The molecule has 4 aromatic rings. The largest absolute Gasteiger partial charge is 0.545 e. The summed E-state index contributed by atoms with van der Waals surface area (Å²) in [6, 6.07) is 10.1. The molecule has 2 aliphatic rings. The quantitative estimate of drug-likeness (QED) is 0.0808. The van der Waals surface area contributed by atoms with Crippen molar-refractivity contribution in [1.29, 1.82) is 0 Å². The zero-order valence-corrected chi connectivity index (χ0v) is 35.2. The van der Waals surface area contributed by atoms with Crippen LogP contribution >= 0.6 is 0 Å². The van der Waals surface area contributed by atoms with Crippen molar-refractivity contribution in [2.45, 2.75) is 42.7 Å². The number of nitrogens with one attached hydrogen (secondary N) is 3. The van der Waals surface area contributed by atoms with Crippen molar-refractivity contribution in [3.63, 3.8) is 0 Å². The number of hydrogen-bond donors (Lipinski definition) is 6. The number of carbonyl (C=O) groups excluding carboxylic acids is 3. The van der Waals surface area contributed by atoms with Crippen molar-refractivity contribution in [2.24, 2.45) is 0 Å². The van der Waals surface area contributed by atoms with Gasteiger partial charge in [-0.3, -0.25) is 14.2 Å². The summed E-state index contributed by atoms with van der Waals surface area (Å²) in [5.41, 5.74) is 8.11. The number of halogens is 2. The molecule has 1 saturated carbocycles. The number of hydrogen-bond acceptors (Lipinski definition) is 14. The van der Waals surface area contributed by atoms with E-state index < -0.39 is 62.4 Å². The topological polar surface area (TPSA) is 344 Å². The van der Waals surface area contributed by atoms with Gasteiger partial charge in [0.05, 0.1) is 55.0 Å². The second kappa shape index (κ2) is 24.3. The molecule has 24 heteroatoms. The third-order valence-corrected chi connectivity index (χ3v) is 11.1.